The van der Waals surface area contributed by atoms with E-state index in [0.717, 1.165) is 5.56 Å². The highest BCUT2D eigenvalue weighted by atomic mass is 79.9. The first-order valence-corrected chi connectivity index (χ1v) is 6.93. The van der Waals surface area contributed by atoms with Crippen LogP contribution in [0.1, 0.15) is 11.1 Å². The van der Waals surface area contributed by atoms with Crippen LogP contribution in [0.2, 0.25) is 0 Å². The van der Waals surface area contributed by atoms with Crippen LogP contribution in [0.4, 0.5) is 10.1 Å². The third kappa shape index (κ3) is 3.54. The maximum Gasteiger partial charge on any atom is 0.270 e. The number of nitro groups is 1. The molecule has 0 fully saturated rings. The van der Waals surface area contributed by atoms with Crippen LogP contribution in [0.25, 0.3) is 0 Å². The Labute approximate surface area is 123 Å². The molecule has 6 heteroatoms. The minimum atomic E-state index is -0.448. The number of benzene rings is 2. The molecule has 0 heterocycles. The second-order valence-corrected chi connectivity index (χ2v) is 4.66. The minimum Gasteiger partial charge on any atom is -0.489 e. The molecule has 0 saturated carbocycles. The number of non-ortho nitro benzene ring substituents is 1. The summed E-state index contributed by atoms with van der Waals surface area (Å²) in [6.07, 6.45) is 0. The summed E-state index contributed by atoms with van der Waals surface area (Å²) in [5, 5.41) is 11.2. The highest BCUT2D eigenvalue weighted by Gasteiger charge is 2.11. The number of nitrogens with zero attached hydrogens (tertiary/aromatic N) is 1. The van der Waals surface area contributed by atoms with Crippen molar-refractivity contribution in [3.05, 3.63) is 69.5 Å². The van der Waals surface area contributed by atoms with Crippen LogP contribution >= 0.6 is 15.9 Å². The molecule has 0 unspecified atom stereocenters. The van der Waals surface area contributed by atoms with Gasteiger partial charge in [-0.1, -0.05) is 28.1 Å². The van der Waals surface area contributed by atoms with Crippen molar-refractivity contribution in [3.63, 3.8) is 0 Å². The molecule has 0 radical (unpaired) electrons. The third-order valence-corrected chi connectivity index (χ3v) is 3.31. The van der Waals surface area contributed by atoms with Crippen LogP contribution in [0.5, 0.6) is 5.75 Å². The Bertz CT molecular complexity index is 616. The summed E-state index contributed by atoms with van der Waals surface area (Å²) in [7, 11) is 0. The van der Waals surface area contributed by atoms with E-state index >= 15 is 0 Å². The van der Waals surface area contributed by atoms with E-state index in [1.807, 2.05) is 0 Å². The van der Waals surface area contributed by atoms with Gasteiger partial charge in [0.05, 0.1) is 4.92 Å². The van der Waals surface area contributed by atoms with Crippen LogP contribution in [-0.4, -0.2) is 4.92 Å². The SMILES string of the molecule is O=[N+]([O-])c1ccc(OCc2ccc(F)cc2)c(CBr)c1. The van der Waals surface area contributed by atoms with Gasteiger partial charge in [0.15, 0.2) is 0 Å². The molecule has 2 rings (SSSR count). The smallest absolute Gasteiger partial charge is 0.270 e. The van der Waals surface area contributed by atoms with Gasteiger partial charge < -0.3 is 4.74 Å². The van der Waals surface area contributed by atoms with Crippen LogP contribution < -0.4 is 4.74 Å². The van der Waals surface area contributed by atoms with E-state index < -0.39 is 4.92 Å². The standard InChI is InChI=1S/C14H11BrFNO3/c15-8-11-7-13(17(18)19)5-6-14(11)20-9-10-1-3-12(16)4-2-10/h1-7H,8-9H2. The molecule has 0 aromatic heterocycles. The summed E-state index contributed by atoms with van der Waals surface area (Å²) in [5.74, 6) is 0.266. The number of halogens is 2. The molecule has 0 aliphatic carbocycles. The number of nitro benzene ring substituents is 1. The summed E-state index contributed by atoms with van der Waals surface area (Å²) >= 11 is 3.28. The molecular weight excluding hydrogens is 329 g/mol. The number of rotatable bonds is 5. The quantitative estimate of drug-likeness (QED) is 0.465. The summed E-state index contributed by atoms with van der Waals surface area (Å²) in [5.41, 5.74) is 1.54. The lowest BCUT2D eigenvalue weighted by Crippen LogP contribution is -1.99. The van der Waals surface area contributed by atoms with Crippen LogP contribution in [0.3, 0.4) is 0 Å². The Morgan fingerprint density at radius 3 is 2.50 bits per heavy atom. The summed E-state index contributed by atoms with van der Waals surface area (Å²) in [4.78, 5) is 10.3. The predicted molar refractivity (Wildman–Crippen MR) is 76.5 cm³/mol. The lowest BCUT2D eigenvalue weighted by Gasteiger charge is -2.10. The summed E-state index contributed by atoms with van der Waals surface area (Å²) < 4.78 is 18.4. The maximum atomic E-state index is 12.8. The van der Waals surface area contributed by atoms with Gasteiger partial charge in [0.25, 0.3) is 5.69 Å². The second kappa shape index (κ2) is 6.47. The Morgan fingerprint density at radius 2 is 1.90 bits per heavy atom. The van der Waals surface area contributed by atoms with Gasteiger partial charge in [0.2, 0.25) is 0 Å². The molecule has 0 saturated heterocycles. The molecular formula is C14H11BrFNO3. The van der Waals surface area contributed by atoms with E-state index in [4.69, 9.17) is 4.74 Å². The van der Waals surface area contributed by atoms with Crippen molar-refractivity contribution in [2.24, 2.45) is 0 Å². The van der Waals surface area contributed by atoms with Gasteiger partial charge in [0, 0.05) is 23.0 Å². The predicted octanol–water partition coefficient (Wildman–Crippen LogP) is 4.21. The minimum absolute atomic E-state index is 0.0218. The van der Waals surface area contributed by atoms with Crippen molar-refractivity contribution in [2.75, 3.05) is 0 Å². The first-order chi connectivity index (χ1) is 9.60. The Hall–Kier alpha value is -1.95. The van der Waals surface area contributed by atoms with E-state index in [1.165, 1.54) is 24.3 Å². The largest absolute Gasteiger partial charge is 0.489 e. The average Bonchev–Trinajstić information content (AvgIpc) is 2.46. The molecule has 0 spiro atoms. The molecule has 2 aromatic rings. The number of ether oxygens (including phenoxy) is 1. The number of hydrogen-bond donors (Lipinski definition) is 0. The fraction of sp³-hybridized carbons (Fsp3) is 0.143. The molecule has 0 aliphatic heterocycles. The van der Waals surface area contributed by atoms with Crippen molar-refractivity contribution in [1.82, 2.24) is 0 Å². The Kier molecular flexibility index (Phi) is 4.68. The Morgan fingerprint density at radius 1 is 1.20 bits per heavy atom. The van der Waals surface area contributed by atoms with Crippen molar-refractivity contribution in [3.8, 4) is 5.75 Å². The molecule has 0 amide bonds. The van der Waals surface area contributed by atoms with Gasteiger partial charge in [-0.25, -0.2) is 4.39 Å². The molecule has 2 aromatic carbocycles. The van der Waals surface area contributed by atoms with Gasteiger partial charge in [-0.2, -0.15) is 0 Å². The topological polar surface area (TPSA) is 52.4 Å². The number of alkyl halides is 1. The van der Waals surface area contributed by atoms with Crippen LogP contribution in [0, 0.1) is 15.9 Å². The summed E-state index contributed by atoms with van der Waals surface area (Å²) in [6, 6.07) is 10.4. The van der Waals surface area contributed by atoms with Crippen molar-refractivity contribution in [1.29, 1.82) is 0 Å². The zero-order valence-electron chi connectivity index (χ0n) is 10.4. The normalized spacial score (nSPS) is 10.3. The fourth-order valence-corrected chi connectivity index (χ4v) is 2.10. The van der Waals surface area contributed by atoms with E-state index in [9.17, 15) is 14.5 Å². The van der Waals surface area contributed by atoms with Crippen LogP contribution in [-0.2, 0) is 11.9 Å². The number of hydrogen-bond acceptors (Lipinski definition) is 3. The molecule has 20 heavy (non-hydrogen) atoms. The molecule has 4 nitrogen and oxygen atoms in total. The lowest BCUT2D eigenvalue weighted by atomic mass is 10.2. The van der Waals surface area contributed by atoms with Gasteiger partial charge >= 0.3 is 0 Å². The monoisotopic (exact) mass is 339 g/mol. The zero-order chi connectivity index (χ0) is 14.5. The van der Waals surface area contributed by atoms with E-state index in [-0.39, 0.29) is 18.1 Å². The summed E-state index contributed by atoms with van der Waals surface area (Å²) in [6.45, 7) is 0.276. The van der Waals surface area contributed by atoms with Gasteiger partial charge in [0.1, 0.15) is 18.2 Å². The molecule has 0 atom stereocenters. The molecule has 0 aliphatic rings. The fourth-order valence-electron chi connectivity index (χ4n) is 1.67. The third-order valence-electron chi connectivity index (χ3n) is 2.71. The first kappa shape index (κ1) is 14.5. The van der Waals surface area contributed by atoms with Crippen LogP contribution in [0.15, 0.2) is 42.5 Å². The van der Waals surface area contributed by atoms with Gasteiger partial charge in [-0.3, -0.25) is 10.1 Å². The van der Waals surface area contributed by atoms with E-state index in [0.29, 0.717) is 16.6 Å². The van der Waals surface area contributed by atoms with Gasteiger partial charge in [-0.15, -0.1) is 0 Å². The maximum absolute atomic E-state index is 12.8. The molecule has 0 bridgehead atoms. The second-order valence-electron chi connectivity index (χ2n) is 4.10. The molecule has 0 N–H and O–H groups in total. The van der Waals surface area contributed by atoms with E-state index in [2.05, 4.69) is 15.9 Å². The Balaban J connectivity index is 2.12. The van der Waals surface area contributed by atoms with Crippen molar-refractivity contribution in [2.45, 2.75) is 11.9 Å². The lowest BCUT2D eigenvalue weighted by molar-refractivity contribution is -0.384. The highest BCUT2D eigenvalue weighted by Crippen LogP contribution is 2.26. The highest BCUT2D eigenvalue weighted by molar-refractivity contribution is 9.08. The first-order valence-electron chi connectivity index (χ1n) is 5.80. The zero-order valence-corrected chi connectivity index (χ0v) is 12.0. The van der Waals surface area contributed by atoms with Crippen molar-refractivity contribution < 1.29 is 14.1 Å². The van der Waals surface area contributed by atoms with Crippen molar-refractivity contribution >= 4 is 21.6 Å². The van der Waals surface area contributed by atoms with E-state index in [1.54, 1.807) is 18.2 Å². The van der Waals surface area contributed by atoms with Gasteiger partial charge in [-0.05, 0) is 23.8 Å². The molecule has 104 valence electrons. The average molecular weight is 340 g/mol.